The van der Waals surface area contributed by atoms with E-state index in [9.17, 15) is 0 Å². The zero-order valence-corrected chi connectivity index (χ0v) is 14.6. The van der Waals surface area contributed by atoms with Gasteiger partial charge < -0.3 is 19.5 Å². The van der Waals surface area contributed by atoms with Gasteiger partial charge in [0.05, 0.1) is 12.7 Å². The Labute approximate surface area is 149 Å². The molecule has 0 spiro atoms. The van der Waals surface area contributed by atoms with Crippen molar-refractivity contribution in [3.8, 4) is 0 Å². The topological polar surface area (TPSA) is 39.7 Å². The molecule has 2 aliphatic heterocycles. The summed E-state index contributed by atoms with van der Waals surface area (Å²) in [6.07, 6.45) is 2.28. The minimum absolute atomic E-state index is 0.00152. The highest BCUT2D eigenvalue weighted by atomic mass is 16.7. The summed E-state index contributed by atoms with van der Waals surface area (Å²) in [5.74, 6) is -0.838. The Balaban J connectivity index is 1.63. The van der Waals surface area contributed by atoms with E-state index in [4.69, 9.17) is 14.2 Å². The smallest absolute Gasteiger partial charge is 0.222 e. The highest BCUT2D eigenvalue weighted by molar-refractivity contribution is 5.34. The molecule has 2 fully saturated rings. The molecule has 4 heteroatoms. The Bertz CT molecular complexity index is 637. The first-order chi connectivity index (χ1) is 12.3. The van der Waals surface area contributed by atoms with Crippen LogP contribution in [-0.4, -0.2) is 38.5 Å². The van der Waals surface area contributed by atoms with E-state index < -0.39 is 5.79 Å². The van der Waals surface area contributed by atoms with E-state index in [1.807, 2.05) is 36.4 Å². The van der Waals surface area contributed by atoms with Gasteiger partial charge in [0.25, 0.3) is 0 Å². The van der Waals surface area contributed by atoms with Gasteiger partial charge in [-0.25, -0.2) is 0 Å². The second-order valence-corrected chi connectivity index (χ2v) is 6.76. The molecule has 4 nitrogen and oxygen atoms in total. The highest BCUT2D eigenvalue weighted by Crippen LogP contribution is 2.41. The van der Waals surface area contributed by atoms with E-state index in [2.05, 4.69) is 29.6 Å². The average molecular weight is 339 g/mol. The first kappa shape index (κ1) is 16.7. The third-order valence-corrected chi connectivity index (χ3v) is 5.25. The van der Waals surface area contributed by atoms with Gasteiger partial charge in [-0.05, 0) is 19.4 Å². The number of piperidine rings is 1. The summed E-state index contributed by atoms with van der Waals surface area (Å²) in [7, 11) is 1.79. The Morgan fingerprint density at radius 1 is 1.00 bits per heavy atom. The molecule has 0 aliphatic carbocycles. The maximum atomic E-state index is 6.61. The molecule has 132 valence electrons. The molecule has 2 aromatic carbocycles. The quantitative estimate of drug-likeness (QED) is 0.929. The van der Waals surface area contributed by atoms with Crippen molar-refractivity contribution in [1.82, 2.24) is 5.32 Å². The summed E-state index contributed by atoms with van der Waals surface area (Å²) in [6, 6.07) is 20.7. The molecule has 0 radical (unpaired) electrons. The standard InChI is InChI=1S/C21H25NO3/c1-23-18-12-13-22-19(14-18)20-15-24-21(25-20,16-8-4-2-5-9-16)17-10-6-3-7-11-17/h2-11,18-20,22H,12-15H2,1H3/t18-,19+,20-/m1/s1. The number of hydrogen-bond donors (Lipinski definition) is 1. The van der Waals surface area contributed by atoms with E-state index in [0.717, 1.165) is 30.5 Å². The van der Waals surface area contributed by atoms with Gasteiger partial charge in [-0.2, -0.15) is 0 Å². The molecule has 4 rings (SSSR count). The summed E-state index contributed by atoms with van der Waals surface area (Å²) in [4.78, 5) is 0. The number of benzene rings is 2. The summed E-state index contributed by atoms with van der Waals surface area (Å²) >= 11 is 0. The molecular weight excluding hydrogens is 314 g/mol. The van der Waals surface area contributed by atoms with Crippen molar-refractivity contribution >= 4 is 0 Å². The summed E-state index contributed by atoms with van der Waals surface area (Å²) in [5.41, 5.74) is 2.06. The van der Waals surface area contributed by atoms with Crippen LogP contribution in [0.3, 0.4) is 0 Å². The van der Waals surface area contributed by atoms with Crippen LogP contribution in [0.2, 0.25) is 0 Å². The second kappa shape index (κ2) is 7.26. The molecule has 0 bridgehead atoms. The molecule has 2 aromatic rings. The van der Waals surface area contributed by atoms with Crippen molar-refractivity contribution in [3.63, 3.8) is 0 Å². The maximum Gasteiger partial charge on any atom is 0.222 e. The molecule has 2 heterocycles. The van der Waals surface area contributed by atoms with E-state index >= 15 is 0 Å². The van der Waals surface area contributed by atoms with Crippen molar-refractivity contribution in [2.24, 2.45) is 0 Å². The lowest BCUT2D eigenvalue weighted by Crippen LogP contribution is -2.49. The number of ether oxygens (including phenoxy) is 3. The van der Waals surface area contributed by atoms with Gasteiger partial charge in [0, 0.05) is 24.3 Å². The molecule has 25 heavy (non-hydrogen) atoms. The van der Waals surface area contributed by atoms with Crippen molar-refractivity contribution in [2.45, 2.75) is 36.9 Å². The molecule has 0 unspecified atom stereocenters. The molecule has 3 atom stereocenters. The van der Waals surface area contributed by atoms with Gasteiger partial charge in [-0.15, -0.1) is 0 Å². The fourth-order valence-corrected chi connectivity index (χ4v) is 3.87. The van der Waals surface area contributed by atoms with Crippen LogP contribution in [0.5, 0.6) is 0 Å². The molecule has 1 N–H and O–H groups in total. The molecule has 0 amide bonds. The fourth-order valence-electron chi connectivity index (χ4n) is 3.87. The molecule has 0 saturated carbocycles. The van der Waals surface area contributed by atoms with Crippen LogP contribution in [0.1, 0.15) is 24.0 Å². The molecular formula is C21H25NO3. The lowest BCUT2D eigenvalue weighted by Gasteiger charge is -2.34. The maximum absolute atomic E-state index is 6.61. The Kier molecular flexibility index (Phi) is 4.86. The highest BCUT2D eigenvalue weighted by Gasteiger charge is 2.47. The van der Waals surface area contributed by atoms with Gasteiger partial charge in [0.1, 0.15) is 6.10 Å². The molecule has 0 aromatic heterocycles. The Morgan fingerprint density at radius 3 is 2.24 bits per heavy atom. The van der Waals surface area contributed by atoms with Crippen molar-refractivity contribution in [3.05, 3.63) is 71.8 Å². The number of methoxy groups -OCH3 is 1. The van der Waals surface area contributed by atoms with E-state index in [-0.39, 0.29) is 12.1 Å². The lowest BCUT2D eigenvalue weighted by atomic mass is 9.96. The first-order valence-electron chi connectivity index (χ1n) is 9.01. The van der Waals surface area contributed by atoms with Gasteiger partial charge in [0.2, 0.25) is 5.79 Å². The molecule has 2 saturated heterocycles. The Hall–Kier alpha value is -1.72. The zero-order valence-electron chi connectivity index (χ0n) is 14.6. The normalized spacial score (nSPS) is 28.8. The second-order valence-electron chi connectivity index (χ2n) is 6.76. The lowest BCUT2D eigenvalue weighted by molar-refractivity contribution is -0.148. The van der Waals surface area contributed by atoms with Crippen LogP contribution in [0.15, 0.2) is 60.7 Å². The summed E-state index contributed by atoms with van der Waals surface area (Å²) in [5, 5.41) is 3.58. The van der Waals surface area contributed by atoms with Crippen LogP contribution in [0, 0.1) is 0 Å². The number of rotatable bonds is 4. The number of nitrogens with one attached hydrogen (secondary N) is 1. The van der Waals surface area contributed by atoms with Gasteiger partial charge in [-0.3, -0.25) is 0 Å². The summed E-state index contributed by atoms with van der Waals surface area (Å²) < 4.78 is 18.5. The van der Waals surface area contributed by atoms with Crippen LogP contribution in [0.4, 0.5) is 0 Å². The zero-order chi connectivity index (χ0) is 17.1. The van der Waals surface area contributed by atoms with Crippen molar-refractivity contribution in [1.29, 1.82) is 0 Å². The van der Waals surface area contributed by atoms with Crippen LogP contribution >= 0.6 is 0 Å². The van der Waals surface area contributed by atoms with Crippen molar-refractivity contribution in [2.75, 3.05) is 20.3 Å². The van der Waals surface area contributed by atoms with Crippen LogP contribution < -0.4 is 5.32 Å². The first-order valence-corrected chi connectivity index (χ1v) is 9.01. The van der Waals surface area contributed by atoms with Crippen LogP contribution in [0.25, 0.3) is 0 Å². The summed E-state index contributed by atoms with van der Waals surface area (Å²) in [6.45, 7) is 1.52. The van der Waals surface area contributed by atoms with Crippen molar-refractivity contribution < 1.29 is 14.2 Å². The van der Waals surface area contributed by atoms with E-state index in [1.165, 1.54) is 0 Å². The SMILES string of the molecule is CO[C@@H]1CCN[C@H]([C@H]2COC(c3ccccc3)(c3ccccc3)O2)C1. The minimum atomic E-state index is -0.838. The largest absolute Gasteiger partial charge is 0.381 e. The minimum Gasteiger partial charge on any atom is -0.381 e. The van der Waals surface area contributed by atoms with E-state index in [1.54, 1.807) is 7.11 Å². The van der Waals surface area contributed by atoms with Gasteiger partial charge >= 0.3 is 0 Å². The molecule has 2 aliphatic rings. The van der Waals surface area contributed by atoms with E-state index in [0.29, 0.717) is 12.7 Å². The Morgan fingerprint density at radius 2 is 1.64 bits per heavy atom. The fraction of sp³-hybridized carbons (Fsp3) is 0.429. The van der Waals surface area contributed by atoms with Gasteiger partial charge in [0.15, 0.2) is 0 Å². The average Bonchev–Trinajstić information content (AvgIpc) is 3.16. The predicted octanol–water partition coefficient (Wildman–Crippen LogP) is 3.07. The monoisotopic (exact) mass is 339 g/mol. The third kappa shape index (κ3) is 3.23. The van der Waals surface area contributed by atoms with Crippen LogP contribution in [-0.2, 0) is 20.0 Å². The number of hydrogen-bond acceptors (Lipinski definition) is 4. The predicted molar refractivity (Wildman–Crippen MR) is 96.3 cm³/mol. The third-order valence-electron chi connectivity index (χ3n) is 5.25. The van der Waals surface area contributed by atoms with Gasteiger partial charge in [-0.1, -0.05) is 60.7 Å².